The van der Waals surface area contributed by atoms with Gasteiger partial charge in [0.2, 0.25) is 5.13 Å². The predicted octanol–water partition coefficient (Wildman–Crippen LogP) is 6.45. The topological polar surface area (TPSA) is 102 Å². The van der Waals surface area contributed by atoms with Gasteiger partial charge in [-0.25, -0.2) is 0 Å². The number of thioether (sulfide) groups is 1. The molecule has 11 heteroatoms. The first-order valence-corrected chi connectivity index (χ1v) is 16.0. The molecule has 3 atom stereocenters. The maximum atomic E-state index is 11.0. The third kappa shape index (κ3) is 6.51. The molecule has 0 aliphatic carbocycles. The summed E-state index contributed by atoms with van der Waals surface area (Å²) in [7, 11) is 0. The van der Waals surface area contributed by atoms with Gasteiger partial charge in [-0.2, -0.15) is 0 Å². The Bertz CT molecular complexity index is 1620. The van der Waals surface area contributed by atoms with E-state index in [4.69, 9.17) is 0 Å². The molecule has 5 aromatic rings. The van der Waals surface area contributed by atoms with E-state index in [9.17, 15) is 8.76 Å². The molecule has 39 heavy (non-hydrogen) atoms. The lowest BCUT2D eigenvalue weighted by atomic mass is 10.0. The quantitative estimate of drug-likeness (QED) is 0.161. The van der Waals surface area contributed by atoms with Gasteiger partial charge in [0.1, 0.15) is 10.4 Å². The van der Waals surface area contributed by atoms with Crippen LogP contribution in [0.1, 0.15) is 26.4 Å². The number of hydrogen-bond acceptors (Lipinski definition) is 9. The molecule has 7 nitrogen and oxygen atoms in total. The molecule has 198 valence electrons. The van der Waals surface area contributed by atoms with Crippen LogP contribution < -0.4 is 15.4 Å². The maximum absolute atomic E-state index is 11.0. The van der Waals surface area contributed by atoms with Crippen molar-refractivity contribution in [3.05, 3.63) is 116 Å². The lowest BCUT2D eigenvalue weighted by Crippen LogP contribution is -2.31. The zero-order chi connectivity index (χ0) is 26.6. The van der Waals surface area contributed by atoms with Gasteiger partial charge in [0, 0.05) is 33.9 Å². The Balaban J connectivity index is 1.19. The molecule has 3 aromatic carbocycles. The smallest absolute Gasteiger partial charge is 0.206 e. The fourth-order valence-corrected chi connectivity index (χ4v) is 7.53. The fourth-order valence-electron chi connectivity index (χ4n) is 4.46. The number of benzene rings is 3. The summed E-state index contributed by atoms with van der Waals surface area (Å²) in [5.74, 6) is 0. The summed E-state index contributed by atoms with van der Waals surface area (Å²) in [6, 6.07) is 26.4. The van der Waals surface area contributed by atoms with Crippen LogP contribution in [-0.4, -0.2) is 25.0 Å². The van der Waals surface area contributed by atoms with Crippen LogP contribution in [0.15, 0.2) is 95.3 Å². The number of thiophene rings is 1. The van der Waals surface area contributed by atoms with Crippen LogP contribution in [0.3, 0.4) is 0 Å². The summed E-state index contributed by atoms with van der Waals surface area (Å²) < 4.78 is 24.3. The highest BCUT2D eigenvalue weighted by atomic mass is 32.2. The number of anilines is 2. The number of aromatic nitrogens is 2. The Morgan fingerprint density at radius 2 is 1.79 bits per heavy atom. The van der Waals surface area contributed by atoms with Gasteiger partial charge in [-0.15, -0.1) is 33.3 Å². The van der Waals surface area contributed by atoms with Gasteiger partial charge in [0.05, 0.1) is 6.04 Å². The van der Waals surface area contributed by atoms with Gasteiger partial charge in [0.15, 0.2) is 0 Å². The highest BCUT2D eigenvalue weighted by Crippen LogP contribution is 2.38. The summed E-state index contributed by atoms with van der Waals surface area (Å²) in [5.41, 5.74) is 3.90. The SMILES string of the molecule is O=S([O-])Nc1ccc(C[C@H](Nc2nnc(Cc3ccc4ccccc4c3)s2)C2=CSC(c3cccs3)N2)cc1. The molecular weight excluding hydrogens is 567 g/mol. The number of fused-ring (bicyclic) bond motifs is 1. The lowest BCUT2D eigenvalue weighted by Gasteiger charge is -2.22. The van der Waals surface area contributed by atoms with Crippen LogP contribution in [-0.2, 0) is 24.1 Å². The van der Waals surface area contributed by atoms with Crippen molar-refractivity contribution in [3.63, 3.8) is 0 Å². The van der Waals surface area contributed by atoms with E-state index >= 15 is 0 Å². The van der Waals surface area contributed by atoms with Gasteiger partial charge in [0.25, 0.3) is 0 Å². The van der Waals surface area contributed by atoms with Crippen molar-refractivity contribution in [2.75, 3.05) is 10.0 Å². The average molecular weight is 591 g/mol. The van der Waals surface area contributed by atoms with Crippen LogP contribution in [0.5, 0.6) is 0 Å². The van der Waals surface area contributed by atoms with E-state index < -0.39 is 11.3 Å². The second-order valence-corrected chi connectivity index (χ2v) is 12.7. The van der Waals surface area contributed by atoms with Gasteiger partial charge >= 0.3 is 0 Å². The molecule has 0 fully saturated rings. The van der Waals surface area contributed by atoms with Crippen molar-refractivity contribution in [2.24, 2.45) is 0 Å². The second-order valence-electron chi connectivity index (χ2n) is 9.04. The minimum absolute atomic E-state index is 0.0589. The average Bonchev–Trinajstić information content (AvgIpc) is 3.71. The monoisotopic (exact) mass is 590 g/mol. The van der Waals surface area contributed by atoms with E-state index in [1.807, 2.05) is 12.1 Å². The highest BCUT2D eigenvalue weighted by molar-refractivity contribution is 8.02. The van der Waals surface area contributed by atoms with Crippen molar-refractivity contribution in [1.29, 1.82) is 0 Å². The number of nitrogens with one attached hydrogen (secondary N) is 3. The van der Waals surface area contributed by atoms with E-state index in [2.05, 4.69) is 90.9 Å². The number of nitrogens with zero attached hydrogens (tertiary/aromatic N) is 2. The van der Waals surface area contributed by atoms with Crippen LogP contribution in [0, 0.1) is 0 Å². The minimum atomic E-state index is -2.35. The molecule has 2 unspecified atom stereocenters. The summed E-state index contributed by atoms with van der Waals surface area (Å²) in [5, 5.41) is 24.8. The molecule has 0 radical (unpaired) electrons. The first-order valence-electron chi connectivity index (χ1n) is 12.3. The molecule has 6 rings (SSSR count). The Labute approximate surface area is 241 Å². The molecule has 1 aliphatic heterocycles. The largest absolute Gasteiger partial charge is 0.755 e. The Kier molecular flexibility index (Phi) is 7.93. The van der Waals surface area contributed by atoms with Crippen molar-refractivity contribution in [2.45, 2.75) is 24.3 Å². The summed E-state index contributed by atoms with van der Waals surface area (Å²) in [4.78, 5) is 1.28. The second kappa shape index (κ2) is 11.9. The van der Waals surface area contributed by atoms with Crippen molar-refractivity contribution in [3.8, 4) is 0 Å². The van der Waals surface area contributed by atoms with Gasteiger partial charge < -0.3 is 19.9 Å². The standard InChI is InChI=1S/C28H25N5O2S4/c34-39(35)33-22-11-8-18(9-12-22)15-23(24-17-37-27(29-24)25-6-3-13-36-25)30-28-32-31-26(38-28)16-19-7-10-20-4-1-2-5-21(20)14-19/h1-14,17,23,27,29,33H,15-16H2,(H,30,32)(H,34,35)/p-1/t23-,27?/m0/s1. The molecule has 0 bridgehead atoms. The number of rotatable bonds is 10. The Morgan fingerprint density at radius 3 is 2.59 bits per heavy atom. The molecule has 3 heterocycles. The van der Waals surface area contributed by atoms with E-state index in [-0.39, 0.29) is 11.4 Å². The Morgan fingerprint density at radius 1 is 0.974 bits per heavy atom. The first kappa shape index (κ1) is 26.0. The van der Waals surface area contributed by atoms with Crippen LogP contribution in [0.25, 0.3) is 10.8 Å². The van der Waals surface area contributed by atoms with Gasteiger partial charge in [-0.05, 0) is 57.3 Å². The van der Waals surface area contributed by atoms with E-state index in [0.29, 0.717) is 12.1 Å². The molecule has 0 spiro atoms. The number of hydrogen-bond donors (Lipinski definition) is 3. The normalized spacial score (nSPS) is 16.4. The molecule has 0 saturated carbocycles. The van der Waals surface area contributed by atoms with Crippen molar-refractivity contribution >= 4 is 67.3 Å². The zero-order valence-corrected chi connectivity index (χ0v) is 23.8. The van der Waals surface area contributed by atoms with E-state index in [0.717, 1.165) is 27.8 Å². The summed E-state index contributed by atoms with van der Waals surface area (Å²) in [6.07, 6.45) is 1.42. The summed E-state index contributed by atoms with van der Waals surface area (Å²) in [6.45, 7) is 0. The molecule has 3 N–H and O–H groups in total. The first-order chi connectivity index (χ1) is 19.1. The molecule has 0 saturated heterocycles. The maximum Gasteiger partial charge on any atom is 0.206 e. The van der Waals surface area contributed by atoms with Gasteiger partial charge in [-0.1, -0.05) is 72.0 Å². The van der Waals surface area contributed by atoms with Crippen molar-refractivity contribution in [1.82, 2.24) is 15.5 Å². The molecule has 1 aliphatic rings. The Hall–Kier alpha value is -3.22. The lowest BCUT2D eigenvalue weighted by molar-refractivity contribution is 0.542. The van der Waals surface area contributed by atoms with E-state index in [1.165, 1.54) is 21.2 Å². The predicted molar refractivity (Wildman–Crippen MR) is 163 cm³/mol. The highest BCUT2D eigenvalue weighted by Gasteiger charge is 2.26. The van der Waals surface area contributed by atoms with E-state index in [1.54, 1.807) is 46.6 Å². The zero-order valence-electron chi connectivity index (χ0n) is 20.6. The molecular formula is C28H24N5O2S4-. The van der Waals surface area contributed by atoms with Crippen LogP contribution in [0.4, 0.5) is 10.8 Å². The third-order valence-electron chi connectivity index (χ3n) is 6.33. The van der Waals surface area contributed by atoms with Gasteiger partial charge in [-0.3, -0.25) is 4.21 Å². The summed E-state index contributed by atoms with van der Waals surface area (Å²) >= 11 is 2.72. The van der Waals surface area contributed by atoms with Crippen LogP contribution >= 0.6 is 34.4 Å². The third-order valence-corrected chi connectivity index (χ3v) is 9.71. The van der Waals surface area contributed by atoms with Crippen LogP contribution in [0.2, 0.25) is 0 Å². The van der Waals surface area contributed by atoms with Crippen molar-refractivity contribution < 1.29 is 8.76 Å². The molecule has 2 aromatic heterocycles. The fraction of sp³-hybridized carbons (Fsp3) is 0.143. The minimum Gasteiger partial charge on any atom is -0.755 e. The molecule has 0 amide bonds.